The number of nitrogens with zero attached hydrogens (tertiary/aromatic N) is 2. The molecule has 5 heteroatoms. The highest BCUT2D eigenvalue weighted by Gasteiger charge is 2.01. The second-order valence-electron chi connectivity index (χ2n) is 2.41. The van der Waals surface area contributed by atoms with Crippen LogP contribution in [-0.2, 0) is 0 Å². The third kappa shape index (κ3) is 1.55. The molecule has 0 bridgehead atoms. The molecule has 66 valence electrons. The van der Waals surface area contributed by atoms with Crippen LogP contribution in [-0.4, -0.2) is 21.5 Å². The third-order valence-electron chi connectivity index (χ3n) is 1.43. The van der Waals surface area contributed by atoms with E-state index in [1.54, 1.807) is 13.0 Å². The quantitative estimate of drug-likeness (QED) is 0.621. The van der Waals surface area contributed by atoms with Crippen LogP contribution in [0.5, 0.6) is 0 Å². The van der Waals surface area contributed by atoms with Crippen LogP contribution in [0, 0.1) is 6.92 Å². The highest BCUT2D eigenvalue weighted by atomic mass is 16.5. The molecule has 0 aromatic carbocycles. The molecule has 1 rings (SSSR count). The topological polar surface area (TPSA) is 67.2 Å². The standard InChI is InChI=1S/C7H11N3O2/c1-3-8-6-4-5(2)10(12)7(11)9-6/h4,12H,3H2,1-2H3,(H,8,9,11). The lowest BCUT2D eigenvalue weighted by Crippen LogP contribution is -2.23. The molecule has 2 N–H and O–H groups in total. The molecule has 0 fully saturated rings. The number of hydrogen-bond acceptors (Lipinski definition) is 4. The average Bonchev–Trinajstić information content (AvgIpc) is 2.01. The monoisotopic (exact) mass is 169 g/mol. The van der Waals surface area contributed by atoms with Gasteiger partial charge in [0, 0.05) is 12.6 Å². The molecule has 0 amide bonds. The highest BCUT2D eigenvalue weighted by molar-refractivity contribution is 5.34. The van der Waals surface area contributed by atoms with E-state index in [-0.39, 0.29) is 0 Å². The Hall–Kier alpha value is -1.52. The summed E-state index contributed by atoms with van der Waals surface area (Å²) in [5, 5.41) is 11.9. The molecule has 0 saturated heterocycles. The molecular formula is C7H11N3O2. The molecule has 0 spiro atoms. The van der Waals surface area contributed by atoms with Gasteiger partial charge in [-0.05, 0) is 13.8 Å². The number of aromatic nitrogens is 2. The zero-order valence-electron chi connectivity index (χ0n) is 7.03. The van der Waals surface area contributed by atoms with E-state index in [0.717, 1.165) is 0 Å². The lowest BCUT2D eigenvalue weighted by molar-refractivity contribution is 0.163. The second-order valence-corrected chi connectivity index (χ2v) is 2.41. The molecule has 1 aromatic heterocycles. The first-order chi connectivity index (χ1) is 5.65. The van der Waals surface area contributed by atoms with Crippen LogP contribution in [0.3, 0.4) is 0 Å². The van der Waals surface area contributed by atoms with Crippen LogP contribution in [0.4, 0.5) is 5.82 Å². The van der Waals surface area contributed by atoms with Gasteiger partial charge >= 0.3 is 5.69 Å². The summed E-state index contributed by atoms with van der Waals surface area (Å²) in [6.07, 6.45) is 0. The number of anilines is 1. The van der Waals surface area contributed by atoms with Crippen LogP contribution in [0.25, 0.3) is 0 Å². The summed E-state index contributed by atoms with van der Waals surface area (Å²) in [6.45, 7) is 4.23. The Morgan fingerprint density at radius 1 is 1.75 bits per heavy atom. The van der Waals surface area contributed by atoms with Crippen molar-refractivity contribution in [3.8, 4) is 0 Å². The predicted octanol–water partition coefficient (Wildman–Crippen LogP) is 0.221. The first-order valence-electron chi connectivity index (χ1n) is 3.69. The maximum absolute atomic E-state index is 10.9. The Morgan fingerprint density at radius 3 is 2.92 bits per heavy atom. The molecule has 0 unspecified atom stereocenters. The Balaban J connectivity index is 3.13. The van der Waals surface area contributed by atoms with Crippen LogP contribution in [0.15, 0.2) is 10.9 Å². The summed E-state index contributed by atoms with van der Waals surface area (Å²) in [4.78, 5) is 14.5. The van der Waals surface area contributed by atoms with Gasteiger partial charge in [0.25, 0.3) is 0 Å². The maximum atomic E-state index is 10.9. The van der Waals surface area contributed by atoms with Crippen molar-refractivity contribution in [2.24, 2.45) is 0 Å². The SMILES string of the molecule is CCNc1cc(C)n(O)c(=O)n1. The number of aryl methyl sites for hydroxylation is 1. The summed E-state index contributed by atoms with van der Waals surface area (Å²) in [5.74, 6) is 0.491. The van der Waals surface area contributed by atoms with Crippen LogP contribution in [0.1, 0.15) is 12.6 Å². The fourth-order valence-electron chi connectivity index (χ4n) is 0.864. The van der Waals surface area contributed by atoms with Gasteiger partial charge in [-0.2, -0.15) is 4.98 Å². The Kier molecular flexibility index (Phi) is 2.32. The van der Waals surface area contributed by atoms with E-state index in [1.807, 2.05) is 6.92 Å². The second kappa shape index (κ2) is 3.25. The van der Waals surface area contributed by atoms with Crippen molar-refractivity contribution >= 4 is 5.82 Å². The molecule has 0 aliphatic rings. The third-order valence-corrected chi connectivity index (χ3v) is 1.43. The number of nitrogens with one attached hydrogen (secondary N) is 1. The van der Waals surface area contributed by atoms with Gasteiger partial charge in [0.15, 0.2) is 0 Å². The van der Waals surface area contributed by atoms with Crippen molar-refractivity contribution in [2.75, 3.05) is 11.9 Å². The smallest absolute Gasteiger partial charge is 0.382 e. The lowest BCUT2D eigenvalue weighted by Gasteiger charge is -2.04. The van der Waals surface area contributed by atoms with E-state index in [9.17, 15) is 4.79 Å². The summed E-state index contributed by atoms with van der Waals surface area (Å²) in [6, 6.07) is 1.60. The lowest BCUT2D eigenvalue weighted by atomic mass is 10.4. The molecule has 0 aliphatic heterocycles. The minimum Gasteiger partial charge on any atom is -0.424 e. The molecule has 1 heterocycles. The Morgan fingerprint density at radius 2 is 2.42 bits per heavy atom. The van der Waals surface area contributed by atoms with Crippen LogP contribution < -0.4 is 11.0 Å². The van der Waals surface area contributed by atoms with E-state index in [1.165, 1.54) is 0 Å². The fraction of sp³-hybridized carbons (Fsp3) is 0.429. The zero-order valence-corrected chi connectivity index (χ0v) is 7.03. The molecule has 5 nitrogen and oxygen atoms in total. The van der Waals surface area contributed by atoms with Gasteiger partial charge in [-0.15, -0.1) is 4.73 Å². The predicted molar refractivity (Wildman–Crippen MR) is 44.6 cm³/mol. The summed E-state index contributed by atoms with van der Waals surface area (Å²) in [7, 11) is 0. The van der Waals surface area contributed by atoms with Gasteiger partial charge in [0.05, 0.1) is 5.69 Å². The molecular weight excluding hydrogens is 158 g/mol. The molecule has 12 heavy (non-hydrogen) atoms. The van der Waals surface area contributed by atoms with Crippen molar-refractivity contribution in [1.82, 2.24) is 9.71 Å². The van der Waals surface area contributed by atoms with Gasteiger partial charge in [0.1, 0.15) is 5.82 Å². The summed E-state index contributed by atoms with van der Waals surface area (Å²) in [5.41, 5.74) is -0.197. The van der Waals surface area contributed by atoms with Gasteiger partial charge in [-0.25, -0.2) is 4.79 Å². The normalized spacial score (nSPS) is 9.83. The fourth-order valence-corrected chi connectivity index (χ4v) is 0.864. The van der Waals surface area contributed by atoms with Crippen LogP contribution >= 0.6 is 0 Å². The minimum atomic E-state index is -0.661. The van der Waals surface area contributed by atoms with Crippen molar-refractivity contribution in [3.63, 3.8) is 0 Å². The van der Waals surface area contributed by atoms with Crippen molar-refractivity contribution < 1.29 is 5.21 Å². The van der Waals surface area contributed by atoms with Crippen molar-refractivity contribution in [2.45, 2.75) is 13.8 Å². The maximum Gasteiger partial charge on any atom is 0.382 e. The van der Waals surface area contributed by atoms with Gasteiger partial charge < -0.3 is 10.5 Å². The summed E-state index contributed by atoms with van der Waals surface area (Å²) < 4.78 is 0.515. The molecule has 1 aromatic rings. The zero-order chi connectivity index (χ0) is 9.14. The van der Waals surface area contributed by atoms with Gasteiger partial charge in [0.2, 0.25) is 0 Å². The highest BCUT2D eigenvalue weighted by Crippen LogP contribution is 2.00. The van der Waals surface area contributed by atoms with Gasteiger partial charge in [-0.1, -0.05) is 0 Å². The average molecular weight is 169 g/mol. The van der Waals surface area contributed by atoms with Crippen LogP contribution in [0.2, 0.25) is 0 Å². The molecule has 0 saturated carbocycles. The molecule has 0 aliphatic carbocycles. The van der Waals surface area contributed by atoms with E-state index >= 15 is 0 Å². The largest absolute Gasteiger partial charge is 0.424 e. The van der Waals surface area contributed by atoms with E-state index in [4.69, 9.17) is 5.21 Å². The van der Waals surface area contributed by atoms with E-state index in [2.05, 4.69) is 10.3 Å². The Bertz CT molecular complexity index is 332. The summed E-state index contributed by atoms with van der Waals surface area (Å²) >= 11 is 0. The molecule has 0 radical (unpaired) electrons. The minimum absolute atomic E-state index is 0.464. The number of rotatable bonds is 2. The first kappa shape index (κ1) is 8.58. The first-order valence-corrected chi connectivity index (χ1v) is 3.69. The Labute approximate surface area is 69.6 Å². The number of hydrogen-bond donors (Lipinski definition) is 2. The van der Waals surface area contributed by atoms with Crippen molar-refractivity contribution in [1.29, 1.82) is 0 Å². The van der Waals surface area contributed by atoms with E-state index < -0.39 is 5.69 Å². The van der Waals surface area contributed by atoms with E-state index in [0.29, 0.717) is 22.8 Å². The van der Waals surface area contributed by atoms with Gasteiger partial charge in [-0.3, -0.25) is 0 Å². The van der Waals surface area contributed by atoms with Crippen molar-refractivity contribution in [3.05, 3.63) is 22.2 Å². The molecule has 0 atom stereocenters.